The molecule has 0 fully saturated rings. The van der Waals surface area contributed by atoms with Gasteiger partial charge in [0.05, 0.1) is 0 Å². The topological polar surface area (TPSA) is 29.1 Å². The molecule has 0 saturated carbocycles. The van der Waals surface area contributed by atoms with Crippen molar-refractivity contribution in [3.8, 4) is 0 Å². The lowest BCUT2D eigenvalue weighted by molar-refractivity contribution is -0.119. The first kappa shape index (κ1) is 13.2. The van der Waals surface area contributed by atoms with Gasteiger partial charge in [-0.05, 0) is 32.6 Å². The molecule has 0 aliphatic rings. The summed E-state index contributed by atoms with van der Waals surface area (Å²) in [6.07, 6.45) is 0.943. The van der Waals surface area contributed by atoms with Gasteiger partial charge >= 0.3 is 0 Å². The zero-order chi connectivity index (χ0) is 11.6. The standard InChI is InChI=1S/C12H23NO/c1-9(2)10(14)13-12(6,7)8-11(3,4)5/h1,8H2,2-7H3,(H,13,14). The number of hydrogen-bond acceptors (Lipinski definition) is 1. The highest BCUT2D eigenvalue weighted by Crippen LogP contribution is 2.26. The molecule has 0 aromatic rings. The van der Waals surface area contributed by atoms with E-state index in [2.05, 4.69) is 32.7 Å². The van der Waals surface area contributed by atoms with Gasteiger partial charge in [-0.25, -0.2) is 0 Å². The zero-order valence-electron chi connectivity index (χ0n) is 10.3. The third-order valence-corrected chi connectivity index (χ3v) is 1.81. The Balaban J connectivity index is 4.35. The number of rotatable bonds is 3. The minimum atomic E-state index is -0.172. The predicted octanol–water partition coefficient (Wildman–Crippen LogP) is 2.89. The second-order valence-corrected chi connectivity index (χ2v) is 5.86. The lowest BCUT2D eigenvalue weighted by Crippen LogP contribution is -2.46. The summed E-state index contributed by atoms with van der Waals surface area (Å²) in [6, 6.07) is 0. The predicted molar refractivity (Wildman–Crippen MR) is 61.1 cm³/mol. The SMILES string of the molecule is C=C(C)C(=O)NC(C)(C)CC(C)(C)C. The number of amides is 1. The van der Waals surface area contributed by atoms with Gasteiger partial charge in [0.1, 0.15) is 0 Å². The highest BCUT2D eigenvalue weighted by molar-refractivity contribution is 5.92. The molecule has 82 valence electrons. The largest absolute Gasteiger partial charge is 0.347 e. The second kappa shape index (κ2) is 4.16. The van der Waals surface area contributed by atoms with Crippen molar-refractivity contribution < 1.29 is 4.79 Å². The molecular formula is C12H23NO. The monoisotopic (exact) mass is 197 g/mol. The summed E-state index contributed by atoms with van der Waals surface area (Å²) >= 11 is 0. The van der Waals surface area contributed by atoms with Crippen LogP contribution in [0.2, 0.25) is 0 Å². The van der Waals surface area contributed by atoms with E-state index in [1.165, 1.54) is 0 Å². The van der Waals surface area contributed by atoms with Crippen LogP contribution in [0.1, 0.15) is 48.0 Å². The molecule has 0 spiro atoms. The molecule has 1 N–H and O–H groups in total. The van der Waals surface area contributed by atoms with Crippen molar-refractivity contribution >= 4 is 5.91 Å². The van der Waals surface area contributed by atoms with E-state index in [1.807, 2.05) is 13.8 Å². The quantitative estimate of drug-likeness (QED) is 0.692. The number of carbonyl (C=O) groups is 1. The van der Waals surface area contributed by atoms with Gasteiger partial charge in [0, 0.05) is 11.1 Å². The lowest BCUT2D eigenvalue weighted by atomic mass is 9.81. The van der Waals surface area contributed by atoms with Crippen molar-refractivity contribution in [2.75, 3.05) is 0 Å². The van der Waals surface area contributed by atoms with Crippen LogP contribution in [-0.4, -0.2) is 11.4 Å². The van der Waals surface area contributed by atoms with E-state index in [1.54, 1.807) is 6.92 Å². The number of nitrogens with one attached hydrogen (secondary N) is 1. The van der Waals surface area contributed by atoms with Crippen LogP contribution in [0.25, 0.3) is 0 Å². The van der Waals surface area contributed by atoms with Gasteiger partial charge < -0.3 is 5.32 Å². The van der Waals surface area contributed by atoms with Gasteiger partial charge in [0.25, 0.3) is 0 Å². The third-order valence-electron chi connectivity index (χ3n) is 1.81. The van der Waals surface area contributed by atoms with Crippen molar-refractivity contribution in [1.82, 2.24) is 5.32 Å². The fourth-order valence-electron chi connectivity index (χ4n) is 1.78. The first-order valence-corrected chi connectivity index (χ1v) is 5.01. The molecule has 0 saturated heterocycles. The molecule has 0 atom stereocenters. The van der Waals surface area contributed by atoms with E-state index in [-0.39, 0.29) is 16.9 Å². The van der Waals surface area contributed by atoms with Gasteiger partial charge in [-0.3, -0.25) is 4.79 Å². The minimum Gasteiger partial charge on any atom is -0.347 e. The summed E-state index contributed by atoms with van der Waals surface area (Å²) in [5.41, 5.74) is 0.604. The van der Waals surface area contributed by atoms with E-state index < -0.39 is 0 Å². The zero-order valence-corrected chi connectivity index (χ0v) is 10.3. The van der Waals surface area contributed by atoms with Gasteiger partial charge in [-0.2, -0.15) is 0 Å². The van der Waals surface area contributed by atoms with Gasteiger partial charge in [-0.15, -0.1) is 0 Å². The molecule has 14 heavy (non-hydrogen) atoms. The highest BCUT2D eigenvalue weighted by Gasteiger charge is 2.26. The Morgan fingerprint density at radius 1 is 1.21 bits per heavy atom. The van der Waals surface area contributed by atoms with E-state index in [0.29, 0.717) is 5.57 Å². The molecule has 0 radical (unpaired) electrons. The molecule has 0 aliphatic heterocycles. The third kappa shape index (κ3) is 5.79. The Kier molecular flexibility index (Phi) is 3.92. The van der Waals surface area contributed by atoms with Crippen LogP contribution in [0.4, 0.5) is 0 Å². The van der Waals surface area contributed by atoms with Crippen molar-refractivity contribution in [3.63, 3.8) is 0 Å². The van der Waals surface area contributed by atoms with E-state index >= 15 is 0 Å². The molecule has 0 bridgehead atoms. The van der Waals surface area contributed by atoms with Crippen molar-refractivity contribution in [1.29, 1.82) is 0 Å². The molecule has 0 rings (SSSR count). The molecule has 2 nitrogen and oxygen atoms in total. The maximum atomic E-state index is 11.4. The first-order valence-electron chi connectivity index (χ1n) is 5.01. The Labute approximate surface area is 87.8 Å². The molecule has 1 amide bonds. The van der Waals surface area contributed by atoms with Crippen LogP contribution in [0.3, 0.4) is 0 Å². The van der Waals surface area contributed by atoms with E-state index in [4.69, 9.17) is 0 Å². The molecule has 0 aromatic carbocycles. The van der Waals surface area contributed by atoms with Gasteiger partial charge in [-0.1, -0.05) is 27.4 Å². The molecule has 0 aliphatic carbocycles. The van der Waals surface area contributed by atoms with Crippen LogP contribution in [0, 0.1) is 5.41 Å². The Hall–Kier alpha value is -0.790. The fraction of sp³-hybridized carbons (Fsp3) is 0.750. The maximum absolute atomic E-state index is 11.4. The molecule has 2 heteroatoms. The average molecular weight is 197 g/mol. The summed E-state index contributed by atoms with van der Waals surface area (Å²) in [5.74, 6) is -0.0562. The Bertz CT molecular complexity index is 233. The van der Waals surface area contributed by atoms with Crippen molar-refractivity contribution in [2.24, 2.45) is 5.41 Å². The summed E-state index contributed by atoms with van der Waals surface area (Å²) in [7, 11) is 0. The van der Waals surface area contributed by atoms with Gasteiger partial charge in [0.15, 0.2) is 0 Å². The van der Waals surface area contributed by atoms with Gasteiger partial charge in [0.2, 0.25) is 5.91 Å². The molecule has 0 heterocycles. The summed E-state index contributed by atoms with van der Waals surface area (Å²) in [5, 5.41) is 2.97. The van der Waals surface area contributed by atoms with Crippen LogP contribution < -0.4 is 5.32 Å². The molecule has 0 unspecified atom stereocenters. The lowest BCUT2D eigenvalue weighted by Gasteiger charge is -2.33. The van der Waals surface area contributed by atoms with Crippen LogP contribution >= 0.6 is 0 Å². The van der Waals surface area contributed by atoms with Crippen LogP contribution in [0.15, 0.2) is 12.2 Å². The Morgan fingerprint density at radius 2 is 1.64 bits per heavy atom. The smallest absolute Gasteiger partial charge is 0.246 e. The molecular weight excluding hydrogens is 174 g/mol. The Morgan fingerprint density at radius 3 is 1.93 bits per heavy atom. The second-order valence-electron chi connectivity index (χ2n) is 5.86. The van der Waals surface area contributed by atoms with Crippen molar-refractivity contribution in [3.05, 3.63) is 12.2 Å². The summed E-state index contributed by atoms with van der Waals surface area (Å²) in [4.78, 5) is 11.4. The van der Waals surface area contributed by atoms with Crippen molar-refractivity contribution in [2.45, 2.75) is 53.5 Å². The minimum absolute atomic E-state index is 0.0562. The summed E-state index contributed by atoms with van der Waals surface area (Å²) in [6.45, 7) is 15.9. The maximum Gasteiger partial charge on any atom is 0.246 e. The highest BCUT2D eigenvalue weighted by atomic mass is 16.1. The van der Waals surface area contributed by atoms with Crippen LogP contribution in [-0.2, 0) is 4.79 Å². The summed E-state index contributed by atoms with van der Waals surface area (Å²) < 4.78 is 0. The number of carbonyl (C=O) groups excluding carboxylic acids is 1. The normalized spacial score (nSPS) is 12.4. The van der Waals surface area contributed by atoms with Crippen LogP contribution in [0.5, 0.6) is 0 Å². The average Bonchev–Trinajstić information content (AvgIpc) is 1.78. The molecule has 0 aromatic heterocycles. The van der Waals surface area contributed by atoms with E-state index in [0.717, 1.165) is 6.42 Å². The fourth-order valence-corrected chi connectivity index (χ4v) is 1.78. The van der Waals surface area contributed by atoms with E-state index in [9.17, 15) is 4.79 Å². The number of hydrogen-bond donors (Lipinski definition) is 1. The first-order chi connectivity index (χ1) is 6.03.